The first kappa shape index (κ1) is 12.8. The predicted octanol–water partition coefficient (Wildman–Crippen LogP) is 2.93. The van der Waals surface area contributed by atoms with Gasteiger partial charge in [0.25, 0.3) is 0 Å². The van der Waals surface area contributed by atoms with E-state index in [0.717, 1.165) is 6.07 Å². The lowest BCUT2D eigenvalue weighted by Gasteiger charge is -2.08. The normalized spacial score (nSPS) is 11.3. The zero-order valence-corrected chi connectivity index (χ0v) is 8.89. The molecule has 0 fully saturated rings. The Hall–Kier alpha value is -1.30. The number of carbonyl (C=O) groups excluding carboxylic acids is 1. The third-order valence-corrected chi connectivity index (χ3v) is 1.79. The number of aromatic nitrogens is 1. The third kappa shape index (κ3) is 3.10. The van der Waals surface area contributed by atoms with Crippen molar-refractivity contribution >= 4 is 17.6 Å². The Morgan fingerprint density at radius 2 is 2.12 bits per heavy atom. The summed E-state index contributed by atoms with van der Waals surface area (Å²) in [4.78, 5) is 14.3. The molecule has 0 atom stereocenters. The molecule has 1 aromatic rings. The molecule has 0 aliphatic heterocycles. The van der Waals surface area contributed by atoms with Gasteiger partial charge < -0.3 is 4.74 Å². The highest BCUT2D eigenvalue weighted by Crippen LogP contribution is 2.29. The first-order chi connectivity index (χ1) is 7.34. The fraction of sp³-hybridized carbons (Fsp3) is 0.333. The molecule has 0 saturated heterocycles. The van der Waals surface area contributed by atoms with Crippen molar-refractivity contribution in [2.75, 3.05) is 6.61 Å². The van der Waals surface area contributed by atoms with Crippen molar-refractivity contribution in [2.45, 2.75) is 13.1 Å². The van der Waals surface area contributed by atoms with Crippen molar-refractivity contribution in [1.82, 2.24) is 4.98 Å². The topological polar surface area (TPSA) is 39.2 Å². The molecule has 0 unspecified atom stereocenters. The van der Waals surface area contributed by atoms with E-state index in [4.69, 9.17) is 11.6 Å². The Morgan fingerprint density at radius 1 is 1.50 bits per heavy atom. The molecule has 0 radical (unpaired) electrons. The second kappa shape index (κ2) is 4.69. The standard InChI is InChI=1S/C9H7ClF3NO2/c1-2-16-8(15)5-3-6(9(11,12)13)14-7(10)4-5/h3-4H,2H2,1H3. The smallest absolute Gasteiger partial charge is 0.433 e. The van der Waals surface area contributed by atoms with Gasteiger partial charge in [-0.15, -0.1) is 0 Å². The van der Waals surface area contributed by atoms with Gasteiger partial charge in [0.2, 0.25) is 0 Å². The minimum atomic E-state index is -4.65. The van der Waals surface area contributed by atoms with E-state index in [0.29, 0.717) is 6.07 Å². The van der Waals surface area contributed by atoms with Crippen LogP contribution < -0.4 is 0 Å². The van der Waals surface area contributed by atoms with Gasteiger partial charge in [-0.05, 0) is 19.1 Å². The van der Waals surface area contributed by atoms with E-state index in [9.17, 15) is 18.0 Å². The number of rotatable bonds is 2. The molecule has 7 heteroatoms. The summed E-state index contributed by atoms with van der Waals surface area (Å²) in [5, 5.41) is -0.405. The highest BCUT2D eigenvalue weighted by Gasteiger charge is 2.33. The lowest BCUT2D eigenvalue weighted by molar-refractivity contribution is -0.141. The number of ether oxygens (including phenoxy) is 1. The molecular weight excluding hydrogens is 247 g/mol. The van der Waals surface area contributed by atoms with Gasteiger partial charge in [0.1, 0.15) is 10.8 Å². The molecule has 88 valence electrons. The van der Waals surface area contributed by atoms with Crippen molar-refractivity contribution in [2.24, 2.45) is 0 Å². The van der Waals surface area contributed by atoms with Gasteiger partial charge in [-0.3, -0.25) is 0 Å². The lowest BCUT2D eigenvalue weighted by atomic mass is 10.2. The fourth-order valence-electron chi connectivity index (χ4n) is 0.974. The summed E-state index contributed by atoms with van der Waals surface area (Å²) in [6, 6.07) is 1.62. The van der Waals surface area contributed by atoms with E-state index in [1.807, 2.05) is 0 Å². The van der Waals surface area contributed by atoms with E-state index < -0.39 is 23.0 Å². The molecular formula is C9H7ClF3NO2. The van der Waals surface area contributed by atoms with Crippen LogP contribution in [0.1, 0.15) is 23.0 Å². The molecule has 0 amide bonds. The first-order valence-corrected chi connectivity index (χ1v) is 4.64. The maximum absolute atomic E-state index is 12.3. The fourth-order valence-corrected chi connectivity index (χ4v) is 1.18. The van der Waals surface area contributed by atoms with Crippen molar-refractivity contribution < 1.29 is 22.7 Å². The van der Waals surface area contributed by atoms with Crippen LogP contribution in [0, 0.1) is 0 Å². The van der Waals surface area contributed by atoms with Crippen LogP contribution in [0.15, 0.2) is 12.1 Å². The second-order valence-corrected chi connectivity index (χ2v) is 3.17. The minimum absolute atomic E-state index is 0.0696. The predicted molar refractivity (Wildman–Crippen MR) is 50.2 cm³/mol. The molecule has 16 heavy (non-hydrogen) atoms. The van der Waals surface area contributed by atoms with Crippen LogP contribution in [0.3, 0.4) is 0 Å². The molecule has 3 nitrogen and oxygen atoms in total. The Kier molecular flexibility index (Phi) is 3.74. The summed E-state index contributed by atoms with van der Waals surface area (Å²) < 4.78 is 41.5. The highest BCUT2D eigenvalue weighted by atomic mass is 35.5. The van der Waals surface area contributed by atoms with Crippen LogP contribution in [0.2, 0.25) is 5.15 Å². The molecule has 0 saturated carbocycles. The van der Waals surface area contributed by atoms with Crippen molar-refractivity contribution in [1.29, 1.82) is 0 Å². The Bertz CT molecular complexity index is 406. The average molecular weight is 254 g/mol. The van der Waals surface area contributed by atoms with Crippen LogP contribution in [-0.4, -0.2) is 17.6 Å². The van der Waals surface area contributed by atoms with E-state index in [1.54, 1.807) is 6.92 Å². The largest absolute Gasteiger partial charge is 0.462 e. The zero-order chi connectivity index (χ0) is 12.3. The monoisotopic (exact) mass is 253 g/mol. The summed E-state index contributed by atoms with van der Waals surface area (Å²) in [6.07, 6.45) is -4.65. The average Bonchev–Trinajstić information content (AvgIpc) is 2.16. The summed E-state index contributed by atoms with van der Waals surface area (Å²) in [6.45, 7) is 1.62. The lowest BCUT2D eigenvalue weighted by Crippen LogP contribution is -2.12. The Morgan fingerprint density at radius 3 is 2.62 bits per heavy atom. The number of alkyl halides is 3. The number of esters is 1. The number of carbonyl (C=O) groups is 1. The number of pyridine rings is 1. The van der Waals surface area contributed by atoms with E-state index >= 15 is 0 Å². The number of halogens is 4. The van der Waals surface area contributed by atoms with Crippen LogP contribution in [-0.2, 0) is 10.9 Å². The first-order valence-electron chi connectivity index (χ1n) is 4.26. The van der Waals surface area contributed by atoms with Crippen molar-refractivity contribution in [3.05, 3.63) is 28.5 Å². The summed E-state index contributed by atoms with van der Waals surface area (Å²) >= 11 is 5.38. The zero-order valence-electron chi connectivity index (χ0n) is 8.14. The molecule has 0 bridgehead atoms. The summed E-state index contributed by atoms with van der Waals surface area (Å²) in [5.41, 5.74) is -1.49. The number of hydrogen-bond acceptors (Lipinski definition) is 3. The van der Waals surface area contributed by atoms with Gasteiger partial charge in [0.15, 0.2) is 0 Å². The Balaban J connectivity index is 3.13. The van der Waals surface area contributed by atoms with Crippen LogP contribution in [0.25, 0.3) is 0 Å². The third-order valence-electron chi connectivity index (χ3n) is 1.60. The van der Waals surface area contributed by atoms with E-state index in [2.05, 4.69) is 9.72 Å². The van der Waals surface area contributed by atoms with Gasteiger partial charge in [0, 0.05) is 0 Å². The molecule has 1 aromatic heterocycles. The molecule has 1 rings (SSSR count). The number of nitrogens with zero attached hydrogens (tertiary/aromatic N) is 1. The second-order valence-electron chi connectivity index (χ2n) is 2.78. The van der Waals surface area contributed by atoms with Crippen LogP contribution >= 0.6 is 11.6 Å². The maximum atomic E-state index is 12.3. The summed E-state index contributed by atoms with van der Waals surface area (Å²) in [7, 11) is 0. The number of hydrogen-bond donors (Lipinski definition) is 0. The molecule has 1 heterocycles. The van der Waals surface area contributed by atoms with Crippen LogP contribution in [0.5, 0.6) is 0 Å². The summed E-state index contributed by atoms with van der Waals surface area (Å²) in [5.74, 6) is -0.864. The quantitative estimate of drug-likeness (QED) is 0.601. The van der Waals surface area contributed by atoms with Gasteiger partial charge in [-0.25, -0.2) is 9.78 Å². The van der Waals surface area contributed by atoms with Crippen LogP contribution in [0.4, 0.5) is 13.2 Å². The van der Waals surface area contributed by atoms with Crippen molar-refractivity contribution in [3.63, 3.8) is 0 Å². The minimum Gasteiger partial charge on any atom is -0.462 e. The molecule has 0 aliphatic carbocycles. The van der Waals surface area contributed by atoms with Crippen molar-refractivity contribution in [3.8, 4) is 0 Å². The van der Waals surface area contributed by atoms with E-state index in [-0.39, 0.29) is 12.2 Å². The van der Waals surface area contributed by atoms with E-state index in [1.165, 1.54) is 0 Å². The van der Waals surface area contributed by atoms with Gasteiger partial charge in [-0.1, -0.05) is 11.6 Å². The molecule has 0 aromatic carbocycles. The van der Waals surface area contributed by atoms with Gasteiger partial charge in [-0.2, -0.15) is 13.2 Å². The van der Waals surface area contributed by atoms with Gasteiger partial charge in [0.05, 0.1) is 12.2 Å². The molecule has 0 N–H and O–H groups in total. The Labute approximate surface area is 94.2 Å². The highest BCUT2D eigenvalue weighted by molar-refractivity contribution is 6.29. The SMILES string of the molecule is CCOC(=O)c1cc(Cl)nc(C(F)(F)F)c1. The van der Waals surface area contributed by atoms with Gasteiger partial charge >= 0.3 is 12.1 Å². The molecule has 0 spiro atoms. The molecule has 0 aliphatic rings. The maximum Gasteiger partial charge on any atom is 0.433 e.